The van der Waals surface area contributed by atoms with Crippen LogP contribution in [0.1, 0.15) is 6.42 Å². The predicted molar refractivity (Wildman–Crippen MR) is 72.7 cm³/mol. The third-order valence-electron chi connectivity index (χ3n) is 2.90. The minimum atomic E-state index is -3.02. The van der Waals surface area contributed by atoms with E-state index >= 15 is 0 Å². The van der Waals surface area contributed by atoms with E-state index < -0.39 is 6.61 Å². The molecule has 0 aliphatic carbocycles. The lowest BCUT2D eigenvalue weighted by Crippen LogP contribution is -2.24. The van der Waals surface area contributed by atoms with Crippen LogP contribution >= 0.6 is 23.2 Å². The Bertz CT molecular complexity index is 485. The average Bonchev–Trinajstić information content (AvgIpc) is 2.87. The topological polar surface area (TPSA) is 50.4 Å². The molecular formula is C12H12Cl2F2N2O2. The molecule has 110 valence electrons. The smallest absolute Gasteiger partial charge is 0.387 e. The summed E-state index contributed by atoms with van der Waals surface area (Å²) in [6, 6.07) is 2.65. The lowest BCUT2D eigenvalue weighted by atomic mass is 10.1. The van der Waals surface area contributed by atoms with Gasteiger partial charge in [-0.15, -0.1) is 0 Å². The lowest BCUT2D eigenvalue weighted by Gasteiger charge is -2.13. The number of amides is 1. The number of benzene rings is 1. The van der Waals surface area contributed by atoms with E-state index in [0.29, 0.717) is 12.2 Å². The molecule has 1 fully saturated rings. The molecule has 1 saturated heterocycles. The van der Waals surface area contributed by atoms with Gasteiger partial charge in [-0.1, -0.05) is 23.2 Å². The molecule has 1 atom stereocenters. The SMILES string of the molecule is O=C(Nc1cc(Cl)c(OC(F)F)c(Cl)c1)[C@H]1CCNC1. The highest BCUT2D eigenvalue weighted by Gasteiger charge is 2.23. The molecule has 0 spiro atoms. The van der Waals surface area contributed by atoms with Crippen LogP contribution in [-0.4, -0.2) is 25.6 Å². The summed E-state index contributed by atoms with van der Waals surface area (Å²) >= 11 is 11.6. The van der Waals surface area contributed by atoms with Gasteiger partial charge in [0.15, 0.2) is 5.75 Å². The standard InChI is InChI=1S/C12H12Cl2F2N2O2/c13-8-3-7(4-9(14)10(8)20-12(15)16)18-11(19)6-1-2-17-5-6/h3-4,6,12,17H,1-2,5H2,(H,18,19)/t6-/m0/s1. The van der Waals surface area contributed by atoms with E-state index in [1.54, 1.807) is 0 Å². The number of hydrogen-bond donors (Lipinski definition) is 2. The fourth-order valence-electron chi connectivity index (χ4n) is 1.96. The van der Waals surface area contributed by atoms with Crippen LogP contribution in [0.4, 0.5) is 14.5 Å². The van der Waals surface area contributed by atoms with Gasteiger partial charge in [-0.2, -0.15) is 8.78 Å². The third-order valence-corrected chi connectivity index (χ3v) is 3.47. The molecule has 0 unspecified atom stereocenters. The fourth-order valence-corrected chi connectivity index (χ4v) is 2.53. The molecule has 0 bridgehead atoms. The molecule has 8 heteroatoms. The van der Waals surface area contributed by atoms with E-state index in [0.717, 1.165) is 13.0 Å². The van der Waals surface area contributed by atoms with E-state index in [1.165, 1.54) is 12.1 Å². The quantitative estimate of drug-likeness (QED) is 0.894. The monoisotopic (exact) mass is 324 g/mol. The summed E-state index contributed by atoms with van der Waals surface area (Å²) in [4.78, 5) is 11.9. The molecule has 1 aliphatic rings. The Morgan fingerprint density at radius 3 is 2.55 bits per heavy atom. The van der Waals surface area contributed by atoms with Crippen LogP contribution < -0.4 is 15.4 Å². The van der Waals surface area contributed by atoms with Gasteiger partial charge in [-0.25, -0.2) is 0 Å². The van der Waals surface area contributed by atoms with Gasteiger partial charge in [0.1, 0.15) is 0 Å². The van der Waals surface area contributed by atoms with Gasteiger partial charge < -0.3 is 15.4 Å². The van der Waals surface area contributed by atoms with Crippen molar-refractivity contribution in [1.82, 2.24) is 5.32 Å². The number of ether oxygens (including phenoxy) is 1. The Labute approximate surface area is 124 Å². The third kappa shape index (κ3) is 3.71. The number of nitrogens with one attached hydrogen (secondary N) is 2. The van der Waals surface area contributed by atoms with Crippen molar-refractivity contribution < 1.29 is 18.3 Å². The van der Waals surface area contributed by atoms with Crippen molar-refractivity contribution in [3.05, 3.63) is 22.2 Å². The Balaban J connectivity index is 2.11. The van der Waals surface area contributed by atoms with Crippen molar-refractivity contribution in [3.63, 3.8) is 0 Å². The molecule has 0 aromatic heterocycles. The maximum Gasteiger partial charge on any atom is 0.387 e. The molecule has 0 radical (unpaired) electrons. The van der Waals surface area contributed by atoms with Crippen molar-refractivity contribution in [3.8, 4) is 5.75 Å². The van der Waals surface area contributed by atoms with Crippen molar-refractivity contribution in [2.24, 2.45) is 5.92 Å². The summed E-state index contributed by atoms with van der Waals surface area (Å²) in [5.41, 5.74) is 0.346. The Morgan fingerprint density at radius 2 is 2.05 bits per heavy atom. The van der Waals surface area contributed by atoms with E-state index in [-0.39, 0.29) is 27.6 Å². The summed E-state index contributed by atoms with van der Waals surface area (Å²) in [6.07, 6.45) is 0.750. The first-order valence-electron chi connectivity index (χ1n) is 5.93. The molecule has 1 aliphatic heterocycles. The van der Waals surface area contributed by atoms with Crippen LogP contribution in [-0.2, 0) is 4.79 Å². The van der Waals surface area contributed by atoms with Gasteiger partial charge in [0.25, 0.3) is 0 Å². The summed E-state index contributed by atoms with van der Waals surface area (Å²) in [6.45, 7) is -1.62. The van der Waals surface area contributed by atoms with Gasteiger partial charge in [0, 0.05) is 12.2 Å². The fraction of sp³-hybridized carbons (Fsp3) is 0.417. The van der Waals surface area contributed by atoms with E-state index in [9.17, 15) is 13.6 Å². The molecule has 2 N–H and O–H groups in total. The van der Waals surface area contributed by atoms with Gasteiger partial charge in [-0.3, -0.25) is 4.79 Å². The first-order chi connectivity index (χ1) is 9.47. The number of anilines is 1. The number of carbonyl (C=O) groups is 1. The largest absolute Gasteiger partial charge is 0.432 e. The number of alkyl halides is 2. The zero-order chi connectivity index (χ0) is 14.7. The average molecular weight is 325 g/mol. The Hall–Kier alpha value is -1.11. The zero-order valence-corrected chi connectivity index (χ0v) is 11.8. The van der Waals surface area contributed by atoms with Crippen LogP contribution in [0.2, 0.25) is 10.0 Å². The second-order valence-electron chi connectivity index (χ2n) is 4.33. The van der Waals surface area contributed by atoms with Crippen LogP contribution in [0, 0.1) is 5.92 Å². The Morgan fingerprint density at radius 1 is 1.40 bits per heavy atom. The zero-order valence-electron chi connectivity index (χ0n) is 10.3. The van der Waals surface area contributed by atoms with Crippen molar-refractivity contribution >= 4 is 34.8 Å². The summed E-state index contributed by atoms with van der Waals surface area (Å²) in [7, 11) is 0. The number of halogens is 4. The van der Waals surface area contributed by atoms with Crippen LogP contribution in [0.3, 0.4) is 0 Å². The molecule has 1 amide bonds. The Kier molecular flexibility index (Phi) is 5.01. The van der Waals surface area contributed by atoms with E-state index in [1.807, 2.05) is 0 Å². The maximum atomic E-state index is 12.2. The summed E-state index contributed by atoms with van der Waals surface area (Å²) in [5.74, 6) is -0.585. The van der Waals surface area contributed by atoms with Crippen molar-refractivity contribution in [2.45, 2.75) is 13.0 Å². The van der Waals surface area contributed by atoms with Crippen molar-refractivity contribution in [2.75, 3.05) is 18.4 Å². The number of hydrogen-bond acceptors (Lipinski definition) is 3. The number of carbonyl (C=O) groups excluding carboxylic acids is 1. The molecule has 4 nitrogen and oxygen atoms in total. The van der Waals surface area contributed by atoms with Gasteiger partial charge in [-0.05, 0) is 25.1 Å². The summed E-state index contributed by atoms with van der Waals surface area (Å²) < 4.78 is 28.6. The second-order valence-corrected chi connectivity index (χ2v) is 5.14. The van der Waals surface area contributed by atoms with Crippen LogP contribution in [0.5, 0.6) is 5.75 Å². The van der Waals surface area contributed by atoms with Crippen LogP contribution in [0.25, 0.3) is 0 Å². The molecule has 1 aromatic rings. The molecular weight excluding hydrogens is 313 g/mol. The predicted octanol–water partition coefficient (Wildman–Crippen LogP) is 3.14. The molecule has 20 heavy (non-hydrogen) atoms. The molecule has 0 saturated carbocycles. The van der Waals surface area contributed by atoms with Crippen molar-refractivity contribution in [1.29, 1.82) is 0 Å². The number of rotatable bonds is 4. The second kappa shape index (κ2) is 6.56. The highest BCUT2D eigenvalue weighted by Crippen LogP contribution is 2.37. The highest BCUT2D eigenvalue weighted by atomic mass is 35.5. The maximum absolute atomic E-state index is 12.2. The summed E-state index contributed by atoms with van der Waals surface area (Å²) in [5, 5.41) is 5.56. The minimum Gasteiger partial charge on any atom is -0.432 e. The van der Waals surface area contributed by atoms with E-state index in [4.69, 9.17) is 23.2 Å². The molecule has 2 rings (SSSR count). The lowest BCUT2D eigenvalue weighted by molar-refractivity contribution is -0.119. The minimum absolute atomic E-state index is 0.0855. The van der Waals surface area contributed by atoms with Gasteiger partial charge in [0.05, 0.1) is 16.0 Å². The van der Waals surface area contributed by atoms with Gasteiger partial charge in [0.2, 0.25) is 5.91 Å². The van der Waals surface area contributed by atoms with E-state index in [2.05, 4.69) is 15.4 Å². The van der Waals surface area contributed by atoms with Crippen LogP contribution in [0.15, 0.2) is 12.1 Å². The first kappa shape index (κ1) is 15.3. The molecule has 1 aromatic carbocycles. The van der Waals surface area contributed by atoms with Gasteiger partial charge >= 0.3 is 6.61 Å². The highest BCUT2D eigenvalue weighted by molar-refractivity contribution is 6.37. The normalized spacial score (nSPS) is 18.4. The first-order valence-corrected chi connectivity index (χ1v) is 6.68. The molecule has 1 heterocycles.